The zero-order valence-electron chi connectivity index (χ0n) is 22.4. The van der Waals surface area contributed by atoms with E-state index in [9.17, 15) is 4.79 Å². The maximum Gasteiger partial charge on any atom is 0.509 e. The number of nitrogens with zero attached hydrogens (tertiary/aromatic N) is 2. The molecule has 2 aliphatic rings. The Morgan fingerprint density at radius 3 is 1.43 bits per heavy atom. The van der Waals surface area contributed by atoms with Gasteiger partial charge in [0.05, 0.1) is 12.1 Å². The third-order valence-electron chi connectivity index (χ3n) is 7.90. The quantitative estimate of drug-likeness (QED) is 0.338. The summed E-state index contributed by atoms with van der Waals surface area (Å²) in [6.45, 7) is 11.1. The number of benzene rings is 3. The predicted molar refractivity (Wildman–Crippen MR) is 146 cm³/mol. The van der Waals surface area contributed by atoms with Crippen molar-refractivity contribution in [3.8, 4) is 0 Å². The molecule has 3 aromatic rings. The lowest BCUT2D eigenvalue weighted by molar-refractivity contribution is -0.146. The fourth-order valence-corrected chi connectivity index (χ4v) is 6.39. The Labute approximate surface area is 221 Å². The van der Waals surface area contributed by atoms with Crippen molar-refractivity contribution in [2.24, 2.45) is 5.92 Å². The van der Waals surface area contributed by atoms with Crippen LogP contribution >= 0.6 is 0 Å². The minimum Gasteiger partial charge on any atom is -0.427 e. The maximum atomic E-state index is 12.9. The molecule has 0 spiro atoms. The predicted octanol–water partition coefficient (Wildman–Crippen LogP) is 7.14. The van der Waals surface area contributed by atoms with Crippen molar-refractivity contribution in [2.45, 2.75) is 77.2 Å². The van der Waals surface area contributed by atoms with Crippen molar-refractivity contribution in [2.75, 3.05) is 0 Å². The van der Waals surface area contributed by atoms with Crippen molar-refractivity contribution < 1.29 is 14.3 Å². The highest BCUT2D eigenvalue weighted by molar-refractivity contribution is 5.62. The number of carbonyl (C=O) groups is 1. The van der Waals surface area contributed by atoms with Crippen LogP contribution in [0.5, 0.6) is 0 Å². The SMILES string of the molecule is CC(C)N1C([C@@H]2OC(=O)O[C@H](c3ccccc3)[C@H]2C)N(C(C)C)[C@H](c2ccccc2)[C@H]1c1ccccc1. The largest absolute Gasteiger partial charge is 0.509 e. The Morgan fingerprint density at radius 2 is 1.03 bits per heavy atom. The second-order valence-corrected chi connectivity index (χ2v) is 10.8. The fraction of sp³-hybridized carbons (Fsp3) is 0.406. The smallest absolute Gasteiger partial charge is 0.427 e. The van der Waals surface area contributed by atoms with Gasteiger partial charge < -0.3 is 9.47 Å². The van der Waals surface area contributed by atoms with Gasteiger partial charge in [0.15, 0.2) is 0 Å². The number of ether oxygens (including phenoxy) is 2. The third-order valence-corrected chi connectivity index (χ3v) is 7.90. The summed E-state index contributed by atoms with van der Waals surface area (Å²) in [7, 11) is 0. The van der Waals surface area contributed by atoms with E-state index >= 15 is 0 Å². The molecule has 2 saturated heterocycles. The molecule has 0 unspecified atom stereocenters. The second-order valence-electron chi connectivity index (χ2n) is 10.8. The van der Waals surface area contributed by atoms with Gasteiger partial charge in [0, 0.05) is 18.0 Å². The highest BCUT2D eigenvalue weighted by atomic mass is 16.7. The zero-order valence-corrected chi connectivity index (χ0v) is 22.4. The minimum absolute atomic E-state index is 0.0430. The molecule has 2 heterocycles. The molecule has 0 bridgehead atoms. The van der Waals surface area contributed by atoms with Gasteiger partial charge in [-0.1, -0.05) is 97.9 Å². The standard InChI is InChI=1S/C32H38N2O3/c1-21(2)33-27(24-15-9-6-10-16-24)28(25-17-11-7-12-18-25)34(22(3)4)31(33)30-23(5)29(36-32(35)37-30)26-19-13-8-14-20-26/h6-23,27-31H,1-5H3/t23-,27-,28-,29+,30-/m1/s1. The molecule has 5 rings (SSSR count). The first-order valence-electron chi connectivity index (χ1n) is 13.5. The molecular weight excluding hydrogens is 460 g/mol. The summed E-state index contributed by atoms with van der Waals surface area (Å²) in [6, 6.07) is 32.2. The molecule has 0 radical (unpaired) electrons. The van der Waals surface area contributed by atoms with Gasteiger partial charge in [-0.05, 0) is 44.4 Å². The molecule has 37 heavy (non-hydrogen) atoms. The van der Waals surface area contributed by atoms with Gasteiger partial charge in [0.1, 0.15) is 18.4 Å². The van der Waals surface area contributed by atoms with Crippen LogP contribution in [0.2, 0.25) is 0 Å². The van der Waals surface area contributed by atoms with Crippen LogP contribution in [0.1, 0.15) is 69.5 Å². The summed E-state index contributed by atoms with van der Waals surface area (Å²) in [6.07, 6.45) is -1.44. The van der Waals surface area contributed by atoms with Crippen LogP contribution in [0.15, 0.2) is 91.0 Å². The van der Waals surface area contributed by atoms with Crippen molar-refractivity contribution in [3.05, 3.63) is 108 Å². The van der Waals surface area contributed by atoms with Gasteiger partial charge in [-0.25, -0.2) is 4.79 Å². The molecule has 0 amide bonds. The molecule has 5 heteroatoms. The van der Waals surface area contributed by atoms with Crippen LogP contribution in [0, 0.1) is 5.92 Å². The van der Waals surface area contributed by atoms with Gasteiger partial charge in [-0.3, -0.25) is 9.80 Å². The van der Waals surface area contributed by atoms with Crippen molar-refractivity contribution >= 4 is 6.16 Å². The fourth-order valence-electron chi connectivity index (χ4n) is 6.39. The van der Waals surface area contributed by atoms with E-state index in [0.717, 1.165) is 5.56 Å². The lowest BCUT2D eigenvalue weighted by Gasteiger charge is -2.46. The molecule has 2 fully saturated rings. The first-order chi connectivity index (χ1) is 17.9. The minimum atomic E-state index is -0.594. The maximum absolute atomic E-state index is 12.9. The number of hydrogen-bond acceptors (Lipinski definition) is 5. The summed E-state index contributed by atoms with van der Waals surface area (Å²) in [5.74, 6) is -0.0430. The van der Waals surface area contributed by atoms with E-state index in [0.29, 0.717) is 0 Å². The van der Waals surface area contributed by atoms with Crippen LogP contribution in [-0.2, 0) is 9.47 Å². The van der Waals surface area contributed by atoms with Crippen molar-refractivity contribution in [1.29, 1.82) is 0 Å². The van der Waals surface area contributed by atoms with Crippen molar-refractivity contribution in [3.63, 3.8) is 0 Å². The summed E-state index contributed by atoms with van der Waals surface area (Å²) in [5.41, 5.74) is 3.54. The molecule has 0 saturated carbocycles. The van der Waals surface area contributed by atoms with Crippen molar-refractivity contribution in [1.82, 2.24) is 9.80 Å². The number of rotatable bonds is 6. The van der Waals surface area contributed by atoms with Gasteiger partial charge in [0.2, 0.25) is 0 Å². The lowest BCUT2D eigenvalue weighted by Crippen LogP contribution is -2.57. The zero-order chi connectivity index (χ0) is 26.1. The number of hydrogen-bond donors (Lipinski definition) is 0. The summed E-state index contributed by atoms with van der Waals surface area (Å²) < 4.78 is 11.9. The Bertz CT molecular complexity index is 1110. The van der Waals surface area contributed by atoms with E-state index in [4.69, 9.17) is 9.47 Å². The number of carbonyl (C=O) groups excluding carboxylic acids is 1. The second kappa shape index (κ2) is 10.7. The van der Waals surface area contributed by atoms with E-state index in [2.05, 4.69) is 105 Å². The topological polar surface area (TPSA) is 42.0 Å². The molecule has 2 aliphatic heterocycles. The molecule has 0 aromatic heterocycles. The van der Waals surface area contributed by atoms with E-state index in [1.165, 1.54) is 11.1 Å². The van der Waals surface area contributed by atoms with Crippen LogP contribution in [-0.4, -0.2) is 40.3 Å². The first kappa shape index (κ1) is 25.5. The molecule has 0 aliphatic carbocycles. The van der Waals surface area contributed by atoms with Gasteiger partial charge in [-0.15, -0.1) is 0 Å². The summed E-state index contributed by atoms with van der Waals surface area (Å²) >= 11 is 0. The Morgan fingerprint density at radius 1 is 0.622 bits per heavy atom. The number of cyclic esters (lactones) is 2. The Hall–Kier alpha value is -3.15. The summed E-state index contributed by atoms with van der Waals surface area (Å²) in [4.78, 5) is 18.1. The highest BCUT2D eigenvalue weighted by Gasteiger charge is 2.57. The highest BCUT2D eigenvalue weighted by Crippen LogP contribution is 2.52. The van der Waals surface area contributed by atoms with Crippen LogP contribution < -0.4 is 0 Å². The van der Waals surface area contributed by atoms with Crippen LogP contribution in [0.4, 0.5) is 4.79 Å². The lowest BCUT2D eigenvalue weighted by atomic mass is 9.89. The van der Waals surface area contributed by atoms with E-state index < -0.39 is 6.16 Å². The van der Waals surface area contributed by atoms with E-state index in [-0.39, 0.29) is 48.5 Å². The van der Waals surface area contributed by atoms with Crippen LogP contribution in [0.25, 0.3) is 0 Å². The molecule has 5 atom stereocenters. The molecular formula is C32H38N2O3. The normalized spacial score (nSPS) is 27.4. The van der Waals surface area contributed by atoms with Crippen LogP contribution in [0.3, 0.4) is 0 Å². The van der Waals surface area contributed by atoms with Gasteiger partial charge >= 0.3 is 6.16 Å². The Kier molecular flexibility index (Phi) is 7.36. The van der Waals surface area contributed by atoms with E-state index in [1.807, 2.05) is 30.3 Å². The molecule has 5 nitrogen and oxygen atoms in total. The average Bonchev–Trinajstić information content (AvgIpc) is 3.28. The average molecular weight is 499 g/mol. The molecule has 194 valence electrons. The third kappa shape index (κ3) is 4.78. The summed E-state index contributed by atoms with van der Waals surface area (Å²) in [5, 5.41) is 0. The van der Waals surface area contributed by atoms with Gasteiger partial charge in [0.25, 0.3) is 0 Å². The Balaban J connectivity index is 1.66. The molecule has 3 aromatic carbocycles. The monoisotopic (exact) mass is 498 g/mol. The van der Waals surface area contributed by atoms with E-state index in [1.54, 1.807) is 0 Å². The first-order valence-corrected chi connectivity index (χ1v) is 13.5. The molecule has 0 N–H and O–H groups in total. The van der Waals surface area contributed by atoms with Gasteiger partial charge in [-0.2, -0.15) is 0 Å².